The summed E-state index contributed by atoms with van der Waals surface area (Å²) < 4.78 is 12.2. The number of esters is 1. The van der Waals surface area contributed by atoms with Crippen molar-refractivity contribution in [3.63, 3.8) is 0 Å². The number of nitrogens with one attached hydrogen (secondary N) is 3. The topological polar surface area (TPSA) is 140 Å². The Labute approximate surface area is 225 Å². The number of para-hydroxylation sites is 1. The van der Waals surface area contributed by atoms with E-state index in [0.29, 0.717) is 12.3 Å². The fourth-order valence-electron chi connectivity index (χ4n) is 4.13. The number of aromatic nitrogens is 3. The van der Waals surface area contributed by atoms with Crippen LogP contribution in [0.4, 0.5) is 4.79 Å². The molecule has 0 radical (unpaired) electrons. The Morgan fingerprint density at radius 3 is 2.62 bits per heavy atom. The summed E-state index contributed by atoms with van der Waals surface area (Å²) in [6.07, 6.45) is 4.01. The molecule has 0 aliphatic heterocycles. The van der Waals surface area contributed by atoms with Crippen LogP contribution in [0.3, 0.4) is 0 Å². The van der Waals surface area contributed by atoms with Crippen molar-refractivity contribution in [2.45, 2.75) is 39.5 Å². The Balaban J connectivity index is 1.46. The molecule has 4 rings (SSSR count). The van der Waals surface area contributed by atoms with Gasteiger partial charge in [-0.3, -0.25) is 9.59 Å². The van der Waals surface area contributed by atoms with Crippen LogP contribution in [0.25, 0.3) is 10.9 Å². The third kappa shape index (κ3) is 7.10. The van der Waals surface area contributed by atoms with Crippen LogP contribution >= 0.6 is 0 Å². The average Bonchev–Trinajstić information content (AvgIpc) is 3.54. The van der Waals surface area contributed by atoms with Crippen molar-refractivity contribution in [1.82, 2.24) is 25.3 Å². The van der Waals surface area contributed by atoms with Gasteiger partial charge in [-0.2, -0.15) is 5.10 Å². The van der Waals surface area contributed by atoms with E-state index in [1.807, 2.05) is 66.1 Å². The van der Waals surface area contributed by atoms with Crippen LogP contribution in [0, 0.1) is 6.92 Å². The largest absolute Gasteiger partial charge is 0.465 e. The van der Waals surface area contributed by atoms with Gasteiger partial charge in [0.15, 0.2) is 0 Å². The van der Waals surface area contributed by atoms with E-state index in [0.717, 1.165) is 27.7 Å². The summed E-state index contributed by atoms with van der Waals surface area (Å²) in [6, 6.07) is 15.9. The van der Waals surface area contributed by atoms with Crippen molar-refractivity contribution < 1.29 is 23.9 Å². The number of hydrogen-bond donors (Lipinski definition) is 3. The maximum absolute atomic E-state index is 13.0. The lowest BCUT2D eigenvalue weighted by atomic mass is 10.1. The standard InChI is InChI=1S/C28H30N6O5/c1-3-38-26(35)16-34-19(2)23(22-11-7-8-12-25(22)34)15-31-33-27(36)24(13-21-14-29-18-30-21)32-28(37)39-17-20-9-5-4-6-10-20/h4-12,14-15,18,24H,3,13,16-17H2,1-2H3,(H,29,30)(H,32,37)(H,33,36)/b31-15-/t24-/m0/s1. The molecule has 3 N–H and O–H groups in total. The number of imidazole rings is 1. The van der Waals surface area contributed by atoms with Crippen LogP contribution in [0.5, 0.6) is 0 Å². The zero-order valence-electron chi connectivity index (χ0n) is 21.7. The maximum Gasteiger partial charge on any atom is 0.408 e. The van der Waals surface area contributed by atoms with Crippen LogP contribution in [0.1, 0.15) is 29.4 Å². The van der Waals surface area contributed by atoms with Gasteiger partial charge in [0.05, 0.1) is 19.1 Å². The summed E-state index contributed by atoms with van der Waals surface area (Å²) in [5.41, 5.74) is 6.37. The first-order chi connectivity index (χ1) is 19.0. The quantitative estimate of drug-likeness (QED) is 0.155. The Kier molecular flexibility index (Phi) is 9.07. The highest BCUT2D eigenvalue weighted by atomic mass is 16.5. The second-order valence-corrected chi connectivity index (χ2v) is 8.68. The van der Waals surface area contributed by atoms with Gasteiger partial charge in [0, 0.05) is 40.5 Å². The van der Waals surface area contributed by atoms with E-state index in [9.17, 15) is 14.4 Å². The molecule has 0 aliphatic rings. The second-order valence-electron chi connectivity index (χ2n) is 8.68. The summed E-state index contributed by atoms with van der Waals surface area (Å²) in [5.74, 6) is -0.879. The Morgan fingerprint density at radius 1 is 1.10 bits per heavy atom. The first-order valence-corrected chi connectivity index (χ1v) is 12.5. The molecule has 39 heavy (non-hydrogen) atoms. The number of H-pyrrole nitrogens is 1. The molecule has 11 nitrogen and oxygen atoms in total. The number of rotatable bonds is 11. The monoisotopic (exact) mass is 530 g/mol. The van der Waals surface area contributed by atoms with Crippen molar-refractivity contribution in [2.75, 3.05) is 6.61 Å². The maximum atomic E-state index is 13.0. The number of hydrogen-bond acceptors (Lipinski definition) is 7. The van der Waals surface area contributed by atoms with E-state index >= 15 is 0 Å². The number of carbonyl (C=O) groups is 3. The molecule has 2 amide bonds. The minimum absolute atomic E-state index is 0.0572. The molecule has 0 fully saturated rings. The number of aromatic amines is 1. The molecule has 4 aromatic rings. The Bertz CT molecular complexity index is 1450. The molecule has 0 bridgehead atoms. The third-order valence-electron chi connectivity index (χ3n) is 6.04. The van der Waals surface area contributed by atoms with Crippen LogP contribution in [-0.4, -0.2) is 51.4 Å². The van der Waals surface area contributed by atoms with Crippen molar-refractivity contribution in [3.05, 3.63) is 89.6 Å². The van der Waals surface area contributed by atoms with Gasteiger partial charge < -0.3 is 24.3 Å². The van der Waals surface area contributed by atoms with Gasteiger partial charge in [0.25, 0.3) is 5.91 Å². The van der Waals surface area contributed by atoms with E-state index in [1.165, 1.54) is 12.5 Å². The van der Waals surface area contributed by atoms with E-state index in [4.69, 9.17) is 9.47 Å². The minimum Gasteiger partial charge on any atom is -0.465 e. The molecule has 2 heterocycles. The van der Waals surface area contributed by atoms with Crippen molar-refractivity contribution >= 4 is 35.1 Å². The first-order valence-electron chi connectivity index (χ1n) is 12.5. The lowest BCUT2D eigenvalue weighted by Gasteiger charge is -2.16. The van der Waals surface area contributed by atoms with Gasteiger partial charge in [0.1, 0.15) is 19.2 Å². The van der Waals surface area contributed by atoms with Crippen LogP contribution in [0.15, 0.2) is 72.2 Å². The highest BCUT2D eigenvalue weighted by Crippen LogP contribution is 2.24. The van der Waals surface area contributed by atoms with Crippen molar-refractivity contribution in [3.8, 4) is 0 Å². The predicted molar refractivity (Wildman–Crippen MR) is 145 cm³/mol. The second kappa shape index (κ2) is 13.0. The molecule has 2 aromatic heterocycles. The van der Waals surface area contributed by atoms with Gasteiger partial charge in [-0.1, -0.05) is 48.5 Å². The van der Waals surface area contributed by atoms with E-state index in [2.05, 4.69) is 25.8 Å². The van der Waals surface area contributed by atoms with Gasteiger partial charge in [-0.25, -0.2) is 15.2 Å². The lowest BCUT2D eigenvalue weighted by Crippen LogP contribution is -2.47. The molecule has 0 aliphatic carbocycles. The molecule has 0 saturated heterocycles. The number of nitrogens with zero attached hydrogens (tertiary/aromatic N) is 3. The molecule has 2 aromatic carbocycles. The van der Waals surface area contributed by atoms with E-state index < -0.39 is 18.0 Å². The SMILES string of the molecule is CCOC(=O)Cn1c(C)c(/C=N\NC(=O)[C@H](Cc2cnc[nH]2)NC(=O)OCc2ccccc2)c2ccccc21. The molecular weight excluding hydrogens is 500 g/mol. The molecule has 0 saturated carbocycles. The van der Waals surface area contributed by atoms with E-state index in [1.54, 1.807) is 13.1 Å². The van der Waals surface area contributed by atoms with Gasteiger partial charge >= 0.3 is 12.1 Å². The minimum atomic E-state index is -0.975. The highest BCUT2D eigenvalue weighted by Gasteiger charge is 2.23. The zero-order valence-corrected chi connectivity index (χ0v) is 21.7. The fraction of sp³-hybridized carbons (Fsp3) is 0.250. The Morgan fingerprint density at radius 2 is 1.87 bits per heavy atom. The predicted octanol–water partition coefficient (Wildman–Crippen LogP) is 3.22. The molecule has 1 atom stereocenters. The normalized spacial score (nSPS) is 11.8. The molecule has 0 spiro atoms. The number of benzene rings is 2. The Hall–Kier alpha value is -4.93. The van der Waals surface area contributed by atoms with Gasteiger partial charge in [0.2, 0.25) is 0 Å². The summed E-state index contributed by atoms with van der Waals surface area (Å²) in [7, 11) is 0. The number of carbonyl (C=O) groups excluding carboxylic acids is 3. The number of fused-ring (bicyclic) bond motifs is 1. The summed E-state index contributed by atoms with van der Waals surface area (Å²) in [5, 5.41) is 7.63. The molecule has 11 heteroatoms. The number of hydrazone groups is 1. The van der Waals surface area contributed by atoms with Gasteiger partial charge in [-0.15, -0.1) is 0 Å². The summed E-state index contributed by atoms with van der Waals surface area (Å²) in [6.45, 7) is 4.05. The fourth-order valence-corrected chi connectivity index (χ4v) is 4.13. The first kappa shape index (κ1) is 27.1. The number of ether oxygens (including phenoxy) is 2. The number of amides is 2. The van der Waals surface area contributed by atoms with E-state index in [-0.39, 0.29) is 25.5 Å². The van der Waals surface area contributed by atoms with Crippen molar-refractivity contribution in [2.24, 2.45) is 5.10 Å². The van der Waals surface area contributed by atoms with Crippen LogP contribution in [0.2, 0.25) is 0 Å². The van der Waals surface area contributed by atoms with Crippen LogP contribution < -0.4 is 10.7 Å². The zero-order chi connectivity index (χ0) is 27.6. The third-order valence-corrected chi connectivity index (χ3v) is 6.04. The average molecular weight is 531 g/mol. The summed E-state index contributed by atoms with van der Waals surface area (Å²) in [4.78, 5) is 44.6. The number of alkyl carbamates (subject to hydrolysis) is 1. The molecule has 202 valence electrons. The summed E-state index contributed by atoms with van der Waals surface area (Å²) >= 11 is 0. The molecule has 0 unspecified atom stereocenters. The smallest absolute Gasteiger partial charge is 0.408 e. The van der Waals surface area contributed by atoms with Gasteiger partial charge in [-0.05, 0) is 25.5 Å². The van der Waals surface area contributed by atoms with Crippen LogP contribution in [-0.2, 0) is 38.6 Å². The molecular formula is C28H30N6O5. The van der Waals surface area contributed by atoms with Crippen molar-refractivity contribution in [1.29, 1.82) is 0 Å². The lowest BCUT2D eigenvalue weighted by molar-refractivity contribution is -0.143. The highest BCUT2D eigenvalue weighted by molar-refractivity contribution is 6.02.